The molecule has 2 N–H and O–H groups in total. The Hall–Kier alpha value is -1.89. The Morgan fingerprint density at radius 1 is 1.23 bits per heavy atom. The van der Waals surface area contributed by atoms with Crippen molar-refractivity contribution in [2.75, 3.05) is 18.0 Å². The zero-order valence-electron chi connectivity index (χ0n) is 14.1. The number of imidazole rings is 1. The van der Waals surface area contributed by atoms with Crippen LogP contribution < -0.4 is 10.6 Å². The third-order valence-corrected chi connectivity index (χ3v) is 4.82. The number of piperidine rings is 1. The van der Waals surface area contributed by atoms with Gasteiger partial charge in [-0.2, -0.15) is 0 Å². The van der Waals surface area contributed by atoms with Crippen LogP contribution in [-0.2, 0) is 6.54 Å². The first kappa shape index (κ1) is 18.9. The largest absolute Gasteiger partial charge is 0.340 e. The topological polar surface area (TPSA) is 60.0 Å². The predicted molar refractivity (Wildman–Crippen MR) is 105 cm³/mol. The van der Waals surface area contributed by atoms with Gasteiger partial charge in [-0.3, -0.25) is 4.98 Å². The molecule has 2 atom stereocenters. The number of hydrogen-bond acceptors (Lipinski definition) is 4. The fourth-order valence-corrected chi connectivity index (χ4v) is 3.37. The molecule has 3 heterocycles. The van der Waals surface area contributed by atoms with Crippen LogP contribution in [0.25, 0.3) is 11.0 Å². The van der Waals surface area contributed by atoms with Gasteiger partial charge in [0.1, 0.15) is 6.17 Å². The van der Waals surface area contributed by atoms with Crippen LogP contribution in [0, 0.1) is 0 Å². The van der Waals surface area contributed by atoms with Gasteiger partial charge in [-0.05, 0) is 30.7 Å². The smallest absolute Gasteiger partial charge is 0.206 e. The number of para-hydroxylation sites is 2. The van der Waals surface area contributed by atoms with E-state index in [0.717, 1.165) is 22.7 Å². The predicted octanol–water partition coefficient (Wildman–Crippen LogP) is 3.43. The molecule has 4 rings (SSSR count). The van der Waals surface area contributed by atoms with E-state index in [0.29, 0.717) is 31.1 Å². The number of fused-ring (bicyclic) bond motifs is 1. The molecule has 0 aliphatic carbocycles. The normalized spacial score (nSPS) is 20.2. The number of nitrogens with two attached hydrogens (primary N) is 1. The summed E-state index contributed by atoms with van der Waals surface area (Å²) in [6.45, 7) is 1.63. The van der Waals surface area contributed by atoms with E-state index in [2.05, 4.69) is 14.5 Å². The number of pyridine rings is 1. The third kappa shape index (κ3) is 3.63. The molecule has 1 aliphatic rings. The number of alkyl halides is 1. The molecule has 1 unspecified atom stereocenters. The SMILES string of the molecule is Cl.N[C@@H]1CN(c2nc3ccccc3n2Cc2ccc(Cl)cn2)CCC1F. The molecule has 5 nitrogen and oxygen atoms in total. The molecule has 26 heavy (non-hydrogen) atoms. The molecule has 0 amide bonds. The maximum Gasteiger partial charge on any atom is 0.206 e. The average molecular weight is 396 g/mol. The van der Waals surface area contributed by atoms with Gasteiger partial charge in [-0.1, -0.05) is 23.7 Å². The maximum absolute atomic E-state index is 13.8. The van der Waals surface area contributed by atoms with E-state index in [4.69, 9.17) is 22.3 Å². The van der Waals surface area contributed by atoms with E-state index < -0.39 is 12.2 Å². The first-order chi connectivity index (χ1) is 12.1. The molecule has 3 aromatic rings. The van der Waals surface area contributed by atoms with Gasteiger partial charge in [-0.15, -0.1) is 12.4 Å². The van der Waals surface area contributed by atoms with Gasteiger partial charge in [0, 0.05) is 19.3 Å². The summed E-state index contributed by atoms with van der Waals surface area (Å²) in [5.41, 5.74) is 8.75. The zero-order valence-corrected chi connectivity index (χ0v) is 15.6. The molecule has 1 saturated heterocycles. The van der Waals surface area contributed by atoms with Crippen LogP contribution >= 0.6 is 24.0 Å². The lowest BCUT2D eigenvalue weighted by Crippen LogP contribution is -2.50. The number of halogens is 3. The fraction of sp³-hybridized carbons (Fsp3) is 0.333. The Kier molecular flexibility index (Phi) is 5.65. The van der Waals surface area contributed by atoms with E-state index in [9.17, 15) is 4.39 Å². The van der Waals surface area contributed by atoms with Crippen LogP contribution in [0.3, 0.4) is 0 Å². The lowest BCUT2D eigenvalue weighted by Gasteiger charge is -2.34. The second-order valence-corrected chi connectivity index (χ2v) is 6.81. The molecule has 0 saturated carbocycles. The number of hydrogen-bond donors (Lipinski definition) is 1. The van der Waals surface area contributed by atoms with Crippen molar-refractivity contribution < 1.29 is 4.39 Å². The minimum absolute atomic E-state index is 0. The summed E-state index contributed by atoms with van der Waals surface area (Å²) in [5, 5.41) is 0.607. The van der Waals surface area contributed by atoms with Crippen molar-refractivity contribution >= 4 is 41.0 Å². The van der Waals surface area contributed by atoms with Crippen LogP contribution in [0.2, 0.25) is 5.02 Å². The summed E-state index contributed by atoms with van der Waals surface area (Å²) in [5.74, 6) is 0.806. The van der Waals surface area contributed by atoms with Gasteiger partial charge >= 0.3 is 0 Å². The molecular weight excluding hydrogens is 376 g/mol. The molecule has 8 heteroatoms. The van der Waals surface area contributed by atoms with E-state index in [1.54, 1.807) is 6.20 Å². The van der Waals surface area contributed by atoms with Crippen molar-refractivity contribution in [2.45, 2.75) is 25.2 Å². The molecule has 1 aromatic carbocycles. The van der Waals surface area contributed by atoms with Crippen LogP contribution in [0.4, 0.5) is 10.3 Å². The lowest BCUT2D eigenvalue weighted by molar-refractivity contribution is 0.243. The summed E-state index contributed by atoms with van der Waals surface area (Å²) < 4.78 is 15.9. The summed E-state index contributed by atoms with van der Waals surface area (Å²) >= 11 is 5.93. The number of aromatic nitrogens is 3. The van der Waals surface area contributed by atoms with Crippen molar-refractivity contribution in [3.8, 4) is 0 Å². The molecule has 1 aliphatic heterocycles. The maximum atomic E-state index is 13.8. The first-order valence-electron chi connectivity index (χ1n) is 8.32. The van der Waals surface area contributed by atoms with Crippen molar-refractivity contribution in [3.05, 3.63) is 53.3 Å². The van der Waals surface area contributed by atoms with Gasteiger partial charge in [0.05, 0.1) is 34.3 Å². The molecule has 0 radical (unpaired) electrons. The second-order valence-electron chi connectivity index (χ2n) is 6.37. The summed E-state index contributed by atoms with van der Waals surface area (Å²) in [7, 11) is 0. The number of rotatable bonds is 3. The van der Waals surface area contributed by atoms with Crippen LogP contribution in [0.15, 0.2) is 42.6 Å². The van der Waals surface area contributed by atoms with Gasteiger partial charge in [0.2, 0.25) is 5.95 Å². The lowest BCUT2D eigenvalue weighted by atomic mass is 10.1. The van der Waals surface area contributed by atoms with Crippen molar-refractivity contribution in [1.82, 2.24) is 14.5 Å². The summed E-state index contributed by atoms with van der Waals surface area (Å²) in [4.78, 5) is 11.2. The molecule has 138 valence electrons. The quantitative estimate of drug-likeness (QED) is 0.737. The van der Waals surface area contributed by atoms with Crippen molar-refractivity contribution in [2.24, 2.45) is 5.73 Å². The minimum Gasteiger partial charge on any atom is -0.340 e. The van der Waals surface area contributed by atoms with E-state index in [-0.39, 0.29) is 12.4 Å². The van der Waals surface area contributed by atoms with Crippen LogP contribution in [0.1, 0.15) is 12.1 Å². The Balaban J connectivity index is 0.00000196. The molecule has 0 spiro atoms. The van der Waals surface area contributed by atoms with E-state index in [1.807, 2.05) is 36.4 Å². The molecule has 1 fully saturated rings. The second kappa shape index (κ2) is 7.78. The van der Waals surface area contributed by atoms with Crippen LogP contribution in [-0.4, -0.2) is 39.8 Å². The Bertz CT molecular complexity index is 883. The number of nitrogens with zero attached hydrogens (tertiary/aromatic N) is 4. The third-order valence-electron chi connectivity index (χ3n) is 4.60. The van der Waals surface area contributed by atoms with Gasteiger partial charge in [0.25, 0.3) is 0 Å². The summed E-state index contributed by atoms with van der Waals surface area (Å²) in [6.07, 6.45) is 1.11. The average Bonchev–Trinajstić information content (AvgIpc) is 2.98. The highest BCUT2D eigenvalue weighted by Crippen LogP contribution is 2.26. The number of benzene rings is 1. The highest BCUT2D eigenvalue weighted by Gasteiger charge is 2.29. The molecule has 2 aromatic heterocycles. The van der Waals surface area contributed by atoms with Gasteiger partial charge in [0.15, 0.2) is 0 Å². The number of anilines is 1. The van der Waals surface area contributed by atoms with E-state index >= 15 is 0 Å². The Morgan fingerprint density at radius 2 is 2.04 bits per heavy atom. The molecular formula is C18H20Cl2FN5. The first-order valence-corrected chi connectivity index (χ1v) is 8.70. The Morgan fingerprint density at radius 3 is 2.77 bits per heavy atom. The fourth-order valence-electron chi connectivity index (χ4n) is 3.26. The van der Waals surface area contributed by atoms with Crippen molar-refractivity contribution in [1.29, 1.82) is 0 Å². The highest BCUT2D eigenvalue weighted by molar-refractivity contribution is 6.30. The zero-order chi connectivity index (χ0) is 17.4. The summed E-state index contributed by atoms with van der Waals surface area (Å²) in [6, 6.07) is 11.2. The minimum atomic E-state index is -0.952. The molecule has 0 bridgehead atoms. The van der Waals surface area contributed by atoms with Gasteiger partial charge in [-0.25, -0.2) is 9.37 Å². The highest BCUT2D eigenvalue weighted by atomic mass is 35.5. The standard InChI is InChI=1S/C18H19ClFN5.ClH/c19-12-5-6-13(22-9-12)10-25-17-4-2-1-3-16(17)23-18(25)24-8-7-14(20)15(21)11-24;/h1-6,9,14-15H,7-8,10-11,21H2;1H/t14?,15-;/m1./s1. The monoisotopic (exact) mass is 395 g/mol. The van der Waals surface area contributed by atoms with Gasteiger partial charge < -0.3 is 15.2 Å². The van der Waals surface area contributed by atoms with Crippen LogP contribution in [0.5, 0.6) is 0 Å². The van der Waals surface area contributed by atoms with Crippen molar-refractivity contribution in [3.63, 3.8) is 0 Å². The Labute approximate surface area is 162 Å². The van der Waals surface area contributed by atoms with E-state index in [1.165, 1.54) is 0 Å².